The van der Waals surface area contributed by atoms with Crippen LogP contribution in [-0.4, -0.2) is 18.5 Å². The number of carbonyl (C=O) groups is 1. The molecular formula is C14H21BrN2O. The molecule has 0 fully saturated rings. The number of amides is 1. The fourth-order valence-corrected chi connectivity index (χ4v) is 1.80. The topological polar surface area (TPSA) is 55.1 Å². The minimum absolute atomic E-state index is 0.00890. The van der Waals surface area contributed by atoms with Gasteiger partial charge in [-0.15, -0.1) is 0 Å². The van der Waals surface area contributed by atoms with E-state index < -0.39 is 5.41 Å². The van der Waals surface area contributed by atoms with E-state index >= 15 is 0 Å². The molecule has 0 heterocycles. The number of halogens is 1. The lowest BCUT2D eigenvalue weighted by molar-refractivity contribution is -0.129. The summed E-state index contributed by atoms with van der Waals surface area (Å²) in [6, 6.07) is 8.23. The summed E-state index contributed by atoms with van der Waals surface area (Å²) in [7, 11) is 0. The van der Waals surface area contributed by atoms with Crippen molar-refractivity contribution in [2.24, 2.45) is 11.1 Å². The van der Waals surface area contributed by atoms with E-state index in [1.54, 1.807) is 0 Å². The van der Waals surface area contributed by atoms with Gasteiger partial charge in [0.25, 0.3) is 0 Å². The second-order valence-electron chi connectivity index (χ2n) is 5.29. The molecule has 0 saturated carbocycles. The predicted octanol–water partition coefficient (Wildman–Crippen LogP) is 2.48. The summed E-state index contributed by atoms with van der Waals surface area (Å²) in [6.07, 6.45) is 0.819. The van der Waals surface area contributed by atoms with Gasteiger partial charge >= 0.3 is 0 Å². The van der Waals surface area contributed by atoms with Gasteiger partial charge in [0.1, 0.15) is 0 Å². The Morgan fingerprint density at radius 3 is 2.44 bits per heavy atom. The number of hydrogen-bond donors (Lipinski definition) is 2. The quantitative estimate of drug-likeness (QED) is 0.877. The molecule has 1 aromatic rings. The van der Waals surface area contributed by atoms with Gasteiger partial charge in [0, 0.05) is 17.1 Å². The first kappa shape index (κ1) is 15.2. The molecule has 0 aromatic heterocycles. The zero-order valence-corrected chi connectivity index (χ0v) is 12.8. The minimum atomic E-state index is -0.506. The minimum Gasteiger partial charge on any atom is -0.353 e. The Bertz CT molecular complexity index is 401. The molecule has 3 N–H and O–H groups in total. The lowest BCUT2D eigenvalue weighted by atomic mass is 9.92. The van der Waals surface area contributed by atoms with E-state index in [9.17, 15) is 4.79 Å². The SMILES string of the molecule is CC(Cc1ccc(Br)cc1)NC(=O)C(C)(C)CN. The lowest BCUT2D eigenvalue weighted by Gasteiger charge is -2.24. The Hall–Kier alpha value is -0.870. The van der Waals surface area contributed by atoms with Gasteiger partial charge in [0.2, 0.25) is 5.91 Å². The number of hydrogen-bond acceptors (Lipinski definition) is 2. The highest BCUT2D eigenvalue weighted by Crippen LogP contribution is 2.14. The van der Waals surface area contributed by atoms with E-state index in [1.807, 2.05) is 32.9 Å². The molecule has 0 bridgehead atoms. The van der Waals surface area contributed by atoms with E-state index in [0.29, 0.717) is 6.54 Å². The van der Waals surface area contributed by atoms with Gasteiger partial charge < -0.3 is 11.1 Å². The summed E-state index contributed by atoms with van der Waals surface area (Å²) >= 11 is 3.40. The maximum Gasteiger partial charge on any atom is 0.227 e. The maximum atomic E-state index is 12.0. The lowest BCUT2D eigenvalue weighted by Crippen LogP contribution is -2.45. The summed E-state index contributed by atoms with van der Waals surface area (Å²) in [6.45, 7) is 6.07. The van der Waals surface area contributed by atoms with Gasteiger partial charge in [-0.05, 0) is 44.9 Å². The highest BCUT2D eigenvalue weighted by atomic mass is 79.9. The van der Waals surface area contributed by atoms with Crippen LogP contribution in [-0.2, 0) is 11.2 Å². The largest absolute Gasteiger partial charge is 0.353 e. The number of rotatable bonds is 5. The first-order chi connectivity index (χ1) is 8.35. The van der Waals surface area contributed by atoms with Crippen LogP contribution >= 0.6 is 15.9 Å². The molecule has 0 saturated heterocycles. The fraction of sp³-hybridized carbons (Fsp3) is 0.500. The van der Waals surface area contributed by atoms with Crippen molar-refractivity contribution in [1.82, 2.24) is 5.32 Å². The third-order valence-electron chi connectivity index (χ3n) is 2.96. The Balaban J connectivity index is 2.54. The molecule has 0 aliphatic carbocycles. The first-order valence-corrected chi connectivity index (χ1v) is 6.90. The Morgan fingerprint density at radius 1 is 1.39 bits per heavy atom. The van der Waals surface area contributed by atoms with Crippen molar-refractivity contribution >= 4 is 21.8 Å². The van der Waals surface area contributed by atoms with Crippen molar-refractivity contribution in [1.29, 1.82) is 0 Å². The maximum absolute atomic E-state index is 12.0. The summed E-state index contributed by atoms with van der Waals surface area (Å²) in [5.41, 5.74) is 6.29. The molecule has 1 amide bonds. The average molecular weight is 313 g/mol. The summed E-state index contributed by atoms with van der Waals surface area (Å²) < 4.78 is 1.06. The zero-order valence-electron chi connectivity index (χ0n) is 11.2. The van der Waals surface area contributed by atoms with Crippen LogP contribution in [0.25, 0.3) is 0 Å². The van der Waals surface area contributed by atoms with Crippen molar-refractivity contribution in [3.05, 3.63) is 34.3 Å². The number of nitrogens with two attached hydrogens (primary N) is 1. The average Bonchev–Trinajstić information content (AvgIpc) is 2.32. The standard InChI is InChI=1S/C14H21BrN2O/c1-10(17-13(18)14(2,3)9-16)8-11-4-6-12(15)7-5-11/h4-7,10H,8-9,16H2,1-3H3,(H,17,18). The molecule has 3 nitrogen and oxygen atoms in total. The van der Waals surface area contributed by atoms with Crippen LogP contribution in [0.1, 0.15) is 26.3 Å². The van der Waals surface area contributed by atoms with Gasteiger partial charge in [-0.25, -0.2) is 0 Å². The highest BCUT2D eigenvalue weighted by Gasteiger charge is 2.26. The zero-order chi connectivity index (χ0) is 13.8. The van der Waals surface area contributed by atoms with Crippen LogP contribution in [0.5, 0.6) is 0 Å². The van der Waals surface area contributed by atoms with Crippen LogP contribution in [0.15, 0.2) is 28.7 Å². The molecule has 1 atom stereocenters. The van der Waals surface area contributed by atoms with Gasteiger partial charge in [0.15, 0.2) is 0 Å². The van der Waals surface area contributed by atoms with Crippen molar-refractivity contribution in [2.75, 3.05) is 6.54 Å². The second kappa shape index (κ2) is 6.34. The smallest absolute Gasteiger partial charge is 0.227 e. The van der Waals surface area contributed by atoms with Gasteiger partial charge in [-0.3, -0.25) is 4.79 Å². The molecule has 4 heteroatoms. The molecule has 1 unspecified atom stereocenters. The van der Waals surface area contributed by atoms with Crippen molar-refractivity contribution < 1.29 is 4.79 Å². The number of nitrogens with one attached hydrogen (secondary N) is 1. The monoisotopic (exact) mass is 312 g/mol. The molecule has 1 aromatic carbocycles. The van der Waals surface area contributed by atoms with Crippen LogP contribution < -0.4 is 11.1 Å². The second-order valence-corrected chi connectivity index (χ2v) is 6.21. The van der Waals surface area contributed by atoms with Gasteiger partial charge in [-0.1, -0.05) is 28.1 Å². The van der Waals surface area contributed by atoms with Crippen molar-refractivity contribution in [3.8, 4) is 0 Å². The highest BCUT2D eigenvalue weighted by molar-refractivity contribution is 9.10. The fourth-order valence-electron chi connectivity index (χ4n) is 1.54. The first-order valence-electron chi connectivity index (χ1n) is 6.10. The third-order valence-corrected chi connectivity index (χ3v) is 3.49. The normalized spacial score (nSPS) is 13.2. The van der Waals surface area contributed by atoms with Crippen LogP contribution in [0.2, 0.25) is 0 Å². The van der Waals surface area contributed by atoms with Gasteiger partial charge in [-0.2, -0.15) is 0 Å². The van der Waals surface area contributed by atoms with E-state index in [4.69, 9.17) is 5.73 Å². The predicted molar refractivity (Wildman–Crippen MR) is 78.3 cm³/mol. The molecule has 0 aliphatic rings. The molecule has 0 aliphatic heterocycles. The Kier molecular flexibility index (Phi) is 5.35. The molecule has 18 heavy (non-hydrogen) atoms. The van der Waals surface area contributed by atoms with Crippen LogP contribution in [0.3, 0.4) is 0 Å². The van der Waals surface area contributed by atoms with Crippen LogP contribution in [0, 0.1) is 5.41 Å². The Labute approximate surface area is 117 Å². The molecule has 100 valence electrons. The summed E-state index contributed by atoms with van der Waals surface area (Å²) in [4.78, 5) is 12.0. The number of carbonyl (C=O) groups excluding carboxylic acids is 1. The summed E-state index contributed by atoms with van der Waals surface area (Å²) in [5.74, 6) is 0.00890. The molecule has 0 spiro atoms. The van der Waals surface area contributed by atoms with E-state index in [-0.39, 0.29) is 11.9 Å². The van der Waals surface area contributed by atoms with Crippen LogP contribution in [0.4, 0.5) is 0 Å². The summed E-state index contributed by atoms with van der Waals surface area (Å²) in [5, 5.41) is 3.00. The van der Waals surface area contributed by atoms with Crippen molar-refractivity contribution in [3.63, 3.8) is 0 Å². The molecular weight excluding hydrogens is 292 g/mol. The van der Waals surface area contributed by atoms with E-state index in [2.05, 4.69) is 33.4 Å². The third kappa shape index (κ3) is 4.42. The van der Waals surface area contributed by atoms with E-state index in [1.165, 1.54) is 5.56 Å². The Morgan fingerprint density at radius 2 is 1.94 bits per heavy atom. The number of benzene rings is 1. The van der Waals surface area contributed by atoms with Crippen molar-refractivity contribution in [2.45, 2.75) is 33.2 Å². The molecule has 0 radical (unpaired) electrons. The van der Waals surface area contributed by atoms with E-state index in [0.717, 1.165) is 10.9 Å². The van der Waals surface area contributed by atoms with Gasteiger partial charge in [0.05, 0.1) is 5.41 Å². The molecule has 1 rings (SSSR count).